The molecule has 4 heteroatoms. The van der Waals surface area contributed by atoms with Crippen molar-refractivity contribution in [3.8, 4) is 0 Å². The number of anilines is 1. The Morgan fingerprint density at radius 1 is 1.31 bits per heavy atom. The van der Waals surface area contributed by atoms with Gasteiger partial charge in [0.1, 0.15) is 0 Å². The molecule has 0 amide bonds. The van der Waals surface area contributed by atoms with E-state index in [2.05, 4.69) is 28.7 Å². The molecule has 1 saturated heterocycles. The van der Waals surface area contributed by atoms with Crippen molar-refractivity contribution in [1.29, 1.82) is 0 Å². The maximum atomic E-state index is 9.93. The number of aliphatic hydroxyl groups is 1. The average Bonchev–Trinajstić information content (AvgIpc) is 2.40. The van der Waals surface area contributed by atoms with Crippen LogP contribution in [0.4, 0.5) is 5.95 Å². The second-order valence-corrected chi connectivity index (χ2v) is 5.34. The van der Waals surface area contributed by atoms with Crippen molar-refractivity contribution in [2.24, 2.45) is 5.41 Å². The van der Waals surface area contributed by atoms with Crippen LogP contribution in [-0.4, -0.2) is 34.3 Å². The van der Waals surface area contributed by atoms with Crippen molar-refractivity contribution in [2.45, 2.75) is 33.8 Å². The highest BCUT2D eigenvalue weighted by Crippen LogP contribution is 2.31. The fourth-order valence-electron chi connectivity index (χ4n) is 2.12. The first-order valence-corrected chi connectivity index (χ1v) is 5.64. The molecule has 88 valence electrons. The zero-order valence-corrected chi connectivity index (χ0v) is 10.4. The van der Waals surface area contributed by atoms with Crippen LogP contribution in [0.15, 0.2) is 6.07 Å². The summed E-state index contributed by atoms with van der Waals surface area (Å²) in [5, 5.41) is 9.93. The number of β-amino-alcohol motifs (C(OH)–C–C–N with tert-alkyl or cyclic N) is 1. The molecule has 4 nitrogen and oxygen atoms in total. The Morgan fingerprint density at radius 3 is 2.31 bits per heavy atom. The highest BCUT2D eigenvalue weighted by Gasteiger charge is 2.39. The molecule has 1 unspecified atom stereocenters. The molecule has 1 aliphatic heterocycles. The molecule has 1 atom stereocenters. The first kappa shape index (κ1) is 11.3. The summed E-state index contributed by atoms with van der Waals surface area (Å²) in [4.78, 5) is 10.9. The number of nitrogens with zero attached hydrogens (tertiary/aromatic N) is 3. The molecule has 1 aromatic rings. The van der Waals surface area contributed by atoms with Crippen LogP contribution in [0.5, 0.6) is 0 Å². The van der Waals surface area contributed by atoms with Gasteiger partial charge in [0.2, 0.25) is 5.95 Å². The van der Waals surface area contributed by atoms with Crippen LogP contribution in [0.3, 0.4) is 0 Å². The minimum Gasteiger partial charge on any atom is -0.391 e. The van der Waals surface area contributed by atoms with E-state index in [4.69, 9.17) is 0 Å². The Labute approximate surface area is 96.3 Å². The van der Waals surface area contributed by atoms with E-state index in [0.29, 0.717) is 6.54 Å². The highest BCUT2D eigenvalue weighted by molar-refractivity contribution is 5.35. The lowest BCUT2D eigenvalue weighted by Crippen LogP contribution is -2.26. The molecule has 0 radical (unpaired) electrons. The van der Waals surface area contributed by atoms with Crippen molar-refractivity contribution in [1.82, 2.24) is 9.97 Å². The lowest BCUT2D eigenvalue weighted by molar-refractivity contribution is 0.0964. The quantitative estimate of drug-likeness (QED) is 0.776. The zero-order valence-electron chi connectivity index (χ0n) is 10.4. The van der Waals surface area contributed by atoms with Gasteiger partial charge in [-0.05, 0) is 19.9 Å². The average molecular weight is 221 g/mol. The number of hydrogen-bond donors (Lipinski definition) is 1. The minimum atomic E-state index is -0.308. The third kappa shape index (κ3) is 2.02. The summed E-state index contributed by atoms with van der Waals surface area (Å²) in [5.74, 6) is 0.738. The van der Waals surface area contributed by atoms with Gasteiger partial charge < -0.3 is 10.0 Å². The van der Waals surface area contributed by atoms with Crippen LogP contribution in [0.2, 0.25) is 0 Å². The summed E-state index contributed by atoms with van der Waals surface area (Å²) in [6, 6.07) is 1.96. The standard InChI is InChI=1S/C12H19N3O/c1-8-5-9(2)14-11(13-8)15-6-10(16)12(3,4)7-15/h5,10,16H,6-7H2,1-4H3. The van der Waals surface area contributed by atoms with Crippen LogP contribution in [0.1, 0.15) is 25.2 Å². The van der Waals surface area contributed by atoms with Gasteiger partial charge in [-0.2, -0.15) is 0 Å². The van der Waals surface area contributed by atoms with Gasteiger partial charge in [0, 0.05) is 29.9 Å². The fourth-order valence-corrected chi connectivity index (χ4v) is 2.12. The van der Waals surface area contributed by atoms with E-state index in [-0.39, 0.29) is 11.5 Å². The smallest absolute Gasteiger partial charge is 0.225 e. The van der Waals surface area contributed by atoms with Gasteiger partial charge in [0.15, 0.2) is 0 Å². The third-order valence-corrected chi connectivity index (χ3v) is 3.15. The summed E-state index contributed by atoms with van der Waals surface area (Å²) >= 11 is 0. The monoisotopic (exact) mass is 221 g/mol. The van der Waals surface area contributed by atoms with Gasteiger partial charge >= 0.3 is 0 Å². The second-order valence-electron chi connectivity index (χ2n) is 5.34. The molecular weight excluding hydrogens is 202 g/mol. The van der Waals surface area contributed by atoms with E-state index in [9.17, 15) is 5.11 Å². The molecule has 2 heterocycles. The molecule has 0 aromatic carbocycles. The van der Waals surface area contributed by atoms with Gasteiger partial charge in [-0.25, -0.2) is 9.97 Å². The highest BCUT2D eigenvalue weighted by atomic mass is 16.3. The zero-order chi connectivity index (χ0) is 11.9. The first-order valence-electron chi connectivity index (χ1n) is 5.64. The maximum absolute atomic E-state index is 9.93. The second kappa shape index (κ2) is 3.70. The van der Waals surface area contributed by atoms with Crippen LogP contribution in [-0.2, 0) is 0 Å². The molecule has 16 heavy (non-hydrogen) atoms. The van der Waals surface area contributed by atoms with Crippen molar-refractivity contribution < 1.29 is 5.11 Å². The number of hydrogen-bond acceptors (Lipinski definition) is 4. The van der Waals surface area contributed by atoms with Crippen LogP contribution in [0, 0.1) is 19.3 Å². The van der Waals surface area contributed by atoms with Crippen molar-refractivity contribution >= 4 is 5.95 Å². The topological polar surface area (TPSA) is 49.2 Å². The number of rotatable bonds is 1. The summed E-state index contributed by atoms with van der Waals surface area (Å²) in [7, 11) is 0. The van der Waals surface area contributed by atoms with E-state index in [0.717, 1.165) is 23.9 Å². The molecule has 1 aromatic heterocycles. The molecule has 0 spiro atoms. The Balaban J connectivity index is 2.27. The Hall–Kier alpha value is -1.16. The fraction of sp³-hybridized carbons (Fsp3) is 0.667. The number of aryl methyl sites for hydroxylation is 2. The molecule has 0 saturated carbocycles. The summed E-state index contributed by atoms with van der Waals surface area (Å²) in [6.45, 7) is 9.50. The van der Waals surface area contributed by atoms with Gasteiger partial charge in [-0.1, -0.05) is 13.8 Å². The van der Waals surface area contributed by atoms with Crippen LogP contribution >= 0.6 is 0 Å². The van der Waals surface area contributed by atoms with E-state index in [1.165, 1.54) is 0 Å². The summed E-state index contributed by atoms with van der Waals surface area (Å²) < 4.78 is 0. The predicted octanol–water partition coefficient (Wildman–Crippen LogP) is 1.30. The van der Waals surface area contributed by atoms with Gasteiger partial charge in [0.25, 0.3) is 0 Å². The lowest BCUT2D eigenvalue weighted by atomic mass is 9.90. The number of aromatic nitrogens is 2. The van der Waals surface area contributed by atoms with Gasteiger partial charge in [-0.15, -0.1) is 0 Å². The van der Waals surface area contributed by atoms with Crippen molar-refractivity contribution in [3.63, 3.8) is 0 Å². The summed E-state index contributed by atoms with van der Waals surface area (Å²) in [5.41, 5.74) is 1.87. The molecular formula is C12H19N3O. The van der Waals surface area contributed by atoms with Gasteiger partial charge in [-0.3, -0.25) is 0 Å². The molecule has 0 aliphatic carbocycles. The minimum absolute atomic E-state index is 0.0823. The first-order chi connectivity index (χ1) is 7.38. The predicted molar refractivity (Wildman–Crippen MR) is 63.5 cm³/mol. The molecule has 1 N–H and O–H groups in total. The van der Waals surface area contributed by atoms with Crippen LogP contribution < -0.4 is 4.90 Å². The third-order valence-electron chi connectivity index (χ3n) is 3.15. The molecule has 1 aliphatic rings. The Morgan fingerprint density at radius 2 is 1.88 bits per heavy atom. The van der Waals surface area contributed by atoms with E-state index >= 15 is 0 Å². The SMILES string of the molecule is Cc1cc(C)nc(N2CC(O)C(C)(C)C2)n1. The van der Waals surface area contributed by atoms with Crippen molar-refractivity contribution in [2.75, 3.05) is 18.0 Å². The Kier molecular flexibility index (Phi) is 2.62. The number of aliphatic hydroxyl groups excluding tert-OH is 1. The molecule has 0 bridgehead atoms. The maximum Gasteiger partial charge on any atom is 0.225 e. The Bertz CT molecular complexity index is 383. The summed E-state index contributed by atoms with van der Waals surface area (Å²) in [6.07, 6.45) is -0.308. The normalized spacial score (nSPS) is 23.8. The molecule has 2 rings (SSSR count). The van der Waals surface area contributed by atoms with E-state index in [1.54, 1.807) is 0 Å². The molecule has 1 fully saturated rings. The van der Waals surface area contributed by atoms with Gasteiger partial charge in [0.05, 0.1) is 6.10 Å². The van der Waals surface area contributed by atoms with Crippen molar-refractivity contribution in [3.05, 3.63) is 17.5 Å². The van der Waals surface area contributed by atoms with E-state index in [1.807, 2.05) is 19.9 Å². The largest absolute Gasteiger partial charge is 0.391 e. The van der Waals surface area contributed by atoms with E-state index < -0.39 is 0 Å². The lowest BCUT2D eigenvalue weighted by Gasteiger charge is -2.21. The van der Waals surface area contributed by atoms with Crippen LogP contribution in [0.25, 0.3) is 0 Å².